The summed E-state index contributed by atoms with van der Waals surface area (Å²) in [6.07, 6.45) is 8.71. The van der Waals surface area contributed by atoms with Crippen LogP contribution in [0.4, 0.5) is 0 Å². The molecule has 0 aliphatic heterocycles. The van der Waals surface area contributed by atoms with Gasteiger partial charge in [-0.3, -0.25) is 0 Å². The first kappa shape index (κ1) is 11.6. The molecule has 100 valence electrons. The van der Waals surface area contributed by atoms with Crippen molar-refractivity contribution in [1.29, 1.82) is 0 Å². The Kier molecular flexibility index (Phi) is 2.40. The molecule has 0 aromatic heterocycles. The van der Waals surface area contributed by atoms with Crippen molar-refractivity contribution < 1.29 is 10.2 Å². The summed E-state index contributed by atoms with van der Waals surface area (Å²) in [6.45, 7) is 0. The first-order chi connectivity index (χ1) is 9.75. The van der Waals surface area contributed by atoms with Crippen molar-refractivity contribution in [1.82, 2.24) is 0 Å². The van der Waals surface area contributed by atoms with Gasteiger partial charge >= 0.3 is 0 Å². The number of benzene rings is 2. The van der Waals surface area contributed by atoms with Gasteiger partial charge in [-0.25, -0.2) is 0 Å². The maximum atomic E-state index is 10.0. The van der Waals surface area contributed by atoms with E-state index in [0.29, 0.717) is 0 Å². The minimum Gasteiger partial charge on any atom is -0.504 e. The summed E-state index contributed by atoms with van der Waals surface area (Å²) in [5.74, 6) is -0.0489. The van der Waals surface area contributed by atoms with E-state index in [2.05, 4.69) is 18.2 Å². The summed E-state index contributed by atoms with van der Waals surface area (Å²) in [5.41, 5.74) is 2.85. The molecule has 0 heterocycles. The van der Waals surface area contributed by atoms with Crippen LogP contribution < -0.4 is 10.4 Å². The van der Waals surface area contributed by atoms with E-state index in [1.165, 1.54) is 34.4 Å². The molecule has 2 aliphatic rings. The molecule has 2 aromatic rings. The zero-order valence-corrected chi connectivity index (χ0v) is 11.2. The van der Waals surface area contributed by atoms with Crippen molar-refractivity contribution >= 4 is 12.2 Å². The van der Waals surface area contributed by atoms with E-state index in [-0.39, 0.29) is 11.5 Å². The van der Waals surface area contributed by atoms with Gasteiger partial charge in [0.2, 0.25) is 0 Å². The quantitative estimate of drug-likeness (QED) is 0.713. The molecule has 20 heavy (non-hydrogen) atoms. The summed E-state index contributed by atoms with van der Waals surface area (Å²) in [6, 6.07) is 7.81. The first-order valence-corrected chi connectivity index (χ1v) is 7.12. The number of hydrogen-bond acceptors (Lipinski definition) is 2. The second kappa shape index (κ2) is 4.14. The standard InChI is InChI=1S/C18H16O2/c19-17-10-9-15-14-6-5-11-3-1-2-4-12(11)13(14)7-8-16(15)18(17)20/h3,5-6,8-10,19-20H,1-2,4,7H2. The fourth-order valence-corrected chi connectivity index (χ4v) is 3.46. The monoisotopic (exact) mass is 264 g/mol. The van der Waals surface area contributed by atoms with E-state index in [4.69, 9.17) is 0 Å². The van der Waals surface area contributed by atoms with Gasteiger partial charge < -0.3 is 10.2 Å². The molecule has 0 unspecified atom stereocenters. The highest BCUT2D eigenvalue weighted by atomic mass is 16.3. The number of aromatic hydroxyl groups is 2. The van der Waals surface area contributed by atoms with Gasteiger partial charge in [-0.1, -0.05) is 24.3 Å². The lowest BCUT2D eigenvalue weighted by Gasteiger charge is -2.16. The molecule has 0 fully saturated rings. The van der Waals surface area contributed by atoms with Crippen molar-refractivity contribution in [3.63, 3.8) is 0 Å². The van der Waals surface area contributed by atoms with Gasteiger partial charge in [0.25, 0.3) is 0 Å². The average molecular weight is 264 g/mol. The third kappa shape index (κ3) is 1.51. The van der Waals surface area contributed by atoms with Gasteiger partial charge in [0, 0.05) is 5.22 Å². The lowest BCUT2D eigenvalue weighted by atomic mass is 9.89. The molecule has 0 atom stereocenters. The molecule has 4 rings (SSSR count). The molecular formula is C18H16O2. The molecule has 0 bridgehead atoms. The highest BCUT2D eigenvalue weighted by molar-refractivity contribution is 5.52. The Bertz CT molecular complexity index is 923. The second-order valence-corrected chi connectivity index (χ2v) is 5.56. The van der Waals surface area contributed by atoms with Crippen LogP contribution in [0.5, 0.6) is 11.5 Å². The van der Waals surface area contributed by atoms with Crippen molar-refractivity contribution in [2.24, 2.45) is 0 Å². The zero-order valence-electron chi connectivity index (χ0n) is 11.2. The highest BCUT2D eigenvalue weighted by Crippen LogP contribution is 2.23. The molecule has 2 heteroatoms. The summed E-state index contributed by atoms with van der Waals surface area (Å²) in [7, 11) is 0. The van der Waals surface area contributed by atoms with Gasteiger partial charge in [0.15, 0.2) is 11.5 Å². The molecule has 0 amide bonds. The molecule has 0 radical (unpaired) electrons. The Labute approximate surface area is 116 Å². The number of rotatable bonds is 0. The van der Waals surface area contributed by atoms with Crippen LogP contribution in [0.1, 0.15) is 24.0 Å². The number of hydrogen-bond donors (Lipinski definition) is 2. The number of phenolic OH excluding ortho intramolecular Hbond substituents is 2. The van der Waals surface area contributed by atoms with Crippen molar-refractivity contribution in [3.8, 4) is 11.5 Å². The van der Waals surface area contributed by atoms with Crippen LogP contribution in [0, 0.1) is 10.4 Å². The van der Waals surface area contributed by atoms with Crippen molar-refractivity contribution in [2.45, 2.75) is 25.7 Å². The molecule has 2 N–H and O–H groups in total. The van der Waals surface area contributed by atoms with Gasteiger partial charge in [-0.2, -0.15) is 0 Å². The molecule has 2 aliphatic carbocycles. The van der Waals surface area contributed by atoms with Gasteiger partial charge in [0.05, 0.1) is 0 Å². The van der Waals surface area contributed by atoms with E-state index in [1.807, 2.05) is 12.1 Å². The second-order valence-electron chi connectivity index (χ2n) is 5.56. The Morgan fingerprint density at radius 3 is 2.60 bits per heavy atom. The van der Waals surface area contributed by atoms with Crippen LogP contribution in [-0.4, -0.2) is 10.2 Å². The fraction of sp³-hybridized carbons (Fsp3) is 0.222. The van der Waals surface area contributed by atoms with Gasteiger partial charge in [-0.05, 0) is 64.6 Å². The third-order valence-corrected chi connectivity index (χ3v) is 4.46. The van der Waals surface area contributed by atoms with E-state index in [0.717, 1.165) is 23.3 Å². The first-order valence-electron chi connectivity index (χ1n) is 7.12. The van der Waals surface area contributed by atoms with Gasteiger partial charge in [-0.15, -0.1) is 0 Å². The average Bonchev–Trinajstić information content (AvgIpc) is 2.50. The molecule has 2 nitrogen and oxygen atoms in total. The highest BCUT2D eigenvalue weighted by Gasteiger charge is 2.13. The van der Waals surface area contributed by atoms with Crippen molar-refractivity contribution in [3.05, 3.63) is 56.3 Å². The van der Waals surface area contributed by atoms with E-state index in [1.54, 1.807) is 6.07 Å². The van der Waals surface area contributed by atoms with Crippen LogP contribution in [0.3, 0.4) is 0 Å². The van der Waals surface area contributed by atoms with Gasteiger partial charge in [0.1, 0.15) is 0 Å². The SMILES string of the molecule is Oc1ccc2c(c1O)=CCc1c3c(ccc1=2)=CCCC3. The van der Waals surface area contributed by atoms with Crippen LogP contribution in [0.25, 0.3) is 12.2 Å². The lowest BCUT2D eigenvalue weighted by molar-refractivity contribution is 0.400. The normalized spacial score (nSPS) is 15.4. The minimum absolute atomic E-state index is 0.00238. The Morgan fingerprint density at radius 1 is 0.850 bits per heavy atom. The molecule has 0 saturated heterocycles. The van der Waals surface area contributed by atoms with Crippen molar-refractivity contribution in [2.75, 3.05) is 0 Å². The Hall–Kier alpha value is -2.22. The molecule has 2 aromatic carbocycles. The minimum atomic E-state index is -0.0465. The summed E-state index contributed by atoms with van der Waals surface area (Å²) in [5, 5.41) is 24.0. The molecule has 0 saturated carbocycles. The Balaban J connectivity index is 2.23. The topological polar surface area (TPSA) is 40.5 Å². The predicted octanol–water partition coefficient (Wildman–Crippen LogP) is 1.84. The fourth-order valence-electron chi connectivity index (χ4n) is 3.46. The largest absolute Gasteiger partial charge is 0.504 e. The van der Waals surface area contributed by atoms with Crippen LogP contribution >= 0.6 is 0 Å². The molecular weight excluding hydrogens is 248 g/mol. The van der Waals surface area contributed by atoms with Crippen LogP contribution in [0.2, 0.25) is 0 Å². The zero-order chi connectivity index (χ0) is 13.7. The Morgan fingerprint density at radius 2 is 1.70 bits per heavy atom. The predicted molar refractivity (Wildman–Crippen MR) is 78.7 cm³/mol. The third-order valence-electron chi connectivity index (χ3n) is 4.46. The molecule has 0 spiro atoms. The van der Waals surface area contributed by atoms with E-state index >= 15 is 0 Å². The maximum absolute atomic E-state index is 10.0. The summed E-state index contributed by atoms with van der Waals surface area (Å²) >= 11 is 0. The smallest absolute Gasteiger partial charge is 0.165 e. The number of phenols is 2. The number of fused-ring (bicyclic) bond motifs is 4. The van der Waals surface area contributed by atoms with E-state index in [9.17, 15) is 10.2 Å². The summed E-state index contributed by atoms with van der Waals surface area (Å²) < 4.78 is 0. The van der Waals surface area contributed by atoms with Crippen LogP contribution in [0.15, 0.2) is 24.3 Å². The maximum Gasteiger partial charge on any atom is 0.165 e. The van der Waals surface area contributed by atoms with E-state index < -0.39 is 0 Å². The summed E-state index contributed by atoms with van der Waals surface area (Å²) in [4.78, 5) is 0. The van der Waals surface area contributed by atoms with Crippen LogP contribution in [-0.2, 0) is 12.8 Å². The lowest BCUT2D eigenvalue weighted by Crippen LogP contribution is -2.19.